The Morgan fingerprint density at radius 2 is 2.00 bits per heavy atom. The molecule has 0 aliphatic rings. The number of ether oxygens (including phenoxy) is 2. The molecule has 1 N–H and O–H groups in total. The highest BCUT2D eigenvalue weighted by atomic mass is 35.5. The van der Waals surface area contributed by atoms with E-state index in [2.05, 4.69) is 5.32 Å². The lowest BCUT2D eigenvalue weighted by Gasteiger charge is -2.15. The molecule has 0 spiro atoms. The Balaban J connectivity index is 2.05. The molecule has 0 unspecified atom stereocenters. The third kappa shape index (κ3) is 5.63. The Morgan fingerprint density at radius 3 is 2.69 bits per heavy atom. The van der Waals surface area contributed by atoms with Crippen LogP contribution in [-0.4, -0.2) is 25.7 Å². The Kier molecular flexibility index (Phi) is 7.73. The molecular weight excluding hydrogens is 357 g/mol. The van der Waals surface area contributed by atoms with Gasteiger partial charge in [-0.15, -0.1) is 0 Å². The standard InChI is InChI=1S/C20H23ClFNO3/c1-3-10-26-19-17(21)12-15(13-18(19)25-4-2)20(24)23-9-8-14-6-5-7-16(22)11-14/h5-7,11-13H,3-4,8-10H2,1-2H3,(H,23,24). The third-order valence-electron chi connectivity index (χ3n) is 3.61. The summed E-state index contributed by atoms with van der Waals surface area (Å²) in [6, 6.07) is 9.50. The van der Waals surface area contributed by atoms with Gasteiger partial charge in [0.2, 0.25) is 0 Å². The van der Waals surface area contributed by atoms with Crippen LogP contribution in [0.25, 0.3) is 0 Å². The molecule has 0 aromatic heterocycles. The van der Waals surface area contributed by atoms with Gasteiger partial charge in [0.15, 0.2) is 11.5 Å². The fourth-order valence-corrected chi connectivity index (χ4v) is 2.69. The first-order valence-corrected chi connectivity index (χ1v) is 9.04. The maximum Gasteiger partial charge on any atom is 0.251 e. The molecule has 0 radical (unpaired) electrons. The second-order valence-electron chi connectivity index (χ2n) is 5.70. The smallest absolute Gasteiger partial charge is 0.251 e. The van der Waals surface area contributed by atoms with Gasteiger partial charge in [-0.05, 0) is 49.6 Å². The van der Waals surface area contributed by atoms with Crippen LogP contribution in [-0.2, 0) is 6.42 Å². The van der Waals surface area contributed by atoms with Crippen molar-refractivity contribution < 1.29 is 18.7 Å². The number of hydrogen-bond donors (Lipinski definition) is 1. The molecule has 2 aromatic rings. The number of nitrogens with one attached hydrogen (secondary N) is 1. The summed E-state index contributed by atoms with van der Waals surface area (Å²) in [5.41, 5.74) is 1.21. The molecule has 0 aliphatic heterocycles. The van der Waals surface area contributed by atoms with Gasteiger partial charge in [0.05, 0.1) is 18.2 Å². The van der Waals surface area contributed by atoms with Gasteiger partial charge in [-0.25, -0.2) is 4.39 Å². The highest BCUT2D eigenvalue weighted by Crippen LogP contribution is 2.36. The zero-order chi connectivity index (χ0) is 18.9. The third-order valence-corrected chi connectivity index (χ3v) is 3.89. The summed E-state index contributed by atoms with van der Waals surface area (Å²) >= 11 is 6.27. The first-order chi connectivity index (χ1) is 12.5. The molecule has 2 aromatic carbocycles. The number of halogens is 2. The summed E-state index contributed by atoms with van der Waals surface area (Å²) in [6.45, 7) is 5.18. The van der Waals surface area contributed by atoms with Crippen LogP contribution >= 0.6 is 11.6 Å². The number of hydrogen-bond acceptors (Lipinski definition) is 3. The molecule has 6 heteroatoms. The normalized spacial score (nSPS) is 10.5. The lowest BCUT2D eigenvalue weighted by molar-refractivity contribution is 0.0953. The van der Waals surface area contributed by atoms with Gasteiger partial charge in [0.1, 0.15) is 5.82 Å². The predicted molar refractivity (Wildman–Crippen MR) is 101 cm³/mol. The van der Waals surface area contributed by atoms with E-state index in [1.807, 2.05) is 19.9 Å². The van der Waals surface area contributed by atoms with E-state index in [1.165, 1.54) is 12.1 Å². The van der Waals surface area contributed by atoms with Crippen LogP contribution in [0.2, 0.25) is 5.02 Å². The highest BCUT2D eigenvalue weighted by Gasteiger charge is 2.16. The monoisotopic (exact) mass is 379 g/mol. The number of amides is 1. The first kappa shape index (κ1) is 20.0. The van der Waals surface area contributed by atoms with Gasteiger partial charge in [0, 0.05) is 12.1 Å². The Morgan fingerprint density at radius 1 is 1.19 bits per heavy atom. The number of benzene rings is 2. The second-order valence-corrected chi connectivity index (χ2v) is 6.11. The van der Waals surface area contributed by atoms with Gasteiger partial charge in [-0.1, -0.05) is 30.7 Å². The van der Waals surface area contributed by atoms with Crippen LogP contribution in [0.1, 0.15) is 36.2 Å². The Labute approximate surface area is 158 Å². The molecule has 0 saturated heterocycles. The van der Waals surface area contributed by atoms with Crippen molar-refractivity contribution in [1.82, 2.24) is 5.32 Å². The molecule has 140 valence electrons. The van der Waals surface area contributed by atoms with Gasteiger partial charge >= 0.3 is 0 Å². The van der Waals surface area contributed by atoms with E-state index in [4.69, 9.17) is 21.1 Å². The summed E-state index contributed by atoms with van der Waals surface area (Å²) < 4.78 is 24.4. The lowest BCUT2D eigenvalue weighted by Crippen LogP contribution is -2.25. The van der Waals surface area contributed by atoms with Crippen LogP contribution in [0.4, 0.5) is 4.39 Å². The molecule has 26 heavy (non-hydrogen) atoms. The van der Waals surface area contributed by atoms with E-state index in [-0.39, 0.29) is 11.7 Å². The number of carbonyl (C=O) groups is 1. The van der Waals surface area contributed by atoms with Crippen molar-refractivity contribution >= 4 is 17.5 Å². The van der Waals surface area contributed by atoms with E-state index in [0.29, 0.717) is 48.3 Å². The topological polar surface area (TPSA) is 47.6 Å². The molecule has 0 saturated carbocycles. The van der Waals surface area contributed by atoms with Gasteiger partial charge in [-0.2, -0.15) is 0 Å². The summed E-state index contributed by atoms with van der Waals surface area (Å²) in [6.07, 6.45) is 1.37. The number of rotatable bonds is 9. The lowest BCUT2D eigenvalue weighted by atomic mass is 10.1. The molecule has 2 rings (SSSR count). The van der Waals surface area contributed by atoms with Crippen molar-refractivity contribution in [3.8, 4) is 11.5 Å². The average Bonchev–Trinajstić information content (AvgIpc) is 2.61. The molecular formula is C20H23ClFNO3. The van der Waals surface area contributed by atoms with Crippen LogP contribution in [0, 0.1) is 5.82 Å². The van der Waals surface area contributed by atoms with Crippen LogP contribution in [0.5, 0.6) is 11.5 Å². The van der Waals surface area contributed by atoms with Crippen molar-refractivity contribution in [1.29, 1.82) is 0 Å². The highest BCUT2D eigenvalue weighted by molar-refractivity contribution is 6.32. The molecule has 4 nitrogen and oxygen atoms in total. The van der Waals surface area contributed by atoms with Gasteiger partial charge < -0.3 is 14.8 Å². The van der Waals surface area contributed by atoms with Crippen LogP contribution in [0.15, 0.2) is 36.4 Å². The zero-order valence-corrected chi connectivity index (χ0v) is 15.7. The van der Waals surface area contributed by atoms with Crippen molar-refractivity contribution in [2.45, 2.75) is 26.7 Å². The van der Waals surface area contributed by atoms with E-state index in [0.717, 1.165) is 12.0 Å². The van der Waals surface area contributed by atoms with Crippen molar-refractivity contribution in [2.24, 2.45) is 0 Å². The largest absolute Gasteiger partial charge is 0.490 e. The van der Waals surface area contributed by atoms with Crippen molar-refractivity contribution in [3.63, 3.8) is 0 Å². The maximum atomic E-state index is 13.2. The minimum absolute atomic E-state index is 0.272. The Bertz CT molecular complexity index is 752. The molecule has 0 fully saturated rings. The quantitative estimate of drug-likeness (QED) is 0.690. The van der Waals surface area contributed by atoms with Gasteiger partial charge in [-0.3, -0.25) is 4.79 Å². The molecule has 0 aliphatic carbocycles. The summed E-state index contributed by atoms with van der Waals surface area (Å²) in [5, 5.41) is 3.14. The van der Waals surface area contributed by atoms with Crippen molar-refractivity contribution in [2.75, 3.05) is 19.8 Å². The fraction of sp³-hybridized carbons (Fsp3) is 0.350. The zero-order valence-electron chi connectivity index (χ0n) is 15.0. The summed E-state index contributed by atoms with van der Waals surface area (Å²) in [7, 11) is 0. The minimum Gasteiger partial charge on any atom is -0.490 e. The maximum absolute atomic E-state index is 13.2. The van der Waals surface area contributed by atoms with E-state index >= 15 is 0 Å². The van der Waals surface area contributed by atoms with E-state index < -0.39 is 0 Å². The SMILES string of the molecule is CCCOc1c(Cl)cc(C(=O)NCCc2cccc(F)c2)cc1OCC. The van der Waals surface area contributed by atoms with E-state index in [9.17, 15) is 9.18 Å². The van der Waals surface area contributed by atoms with Crippen molar-refractivity contribution in [3.05, 3.63) is 58.4 Å². The molecule has 0 bridgehead atoms. The number of carbonyl (C=O) groups excluding carboxylic acids is 1. The molecule has 0 heterocycles. The minimum atomic E-state index is -0.287. The van der Waals surface area contributed by atoms with Crippen LogP contribution < -0.4 is 14.8 Å². The predicted octanol–water partition coefficient (Wildman–Crippen LogP) is 4.64. The first-order valence-electron chi connectivity index (χ1n) is 8.67. The van der Waals surface area contributed by atoms with Crippen LogP contribution in [0.3, 0.4) is 0 Å². The molecule has 1 amide bonds. The van der Waals surface area contributed by atoms with Gasteiger partial charge in [0.25, 0.3) is 5.91 Å². The fourth-order valence-electron chi connectivity index (χ4n) is 2.42. The molecule has 0 atom stereocenters. The summed E-state index contributed by atoms with van der Waals surface area (Å²) in [5.74, 6) is 0.339. The summed E-state index contributed by atoms with van der Waals surface area (Å²) in [4.78, 5) is 12.4. The average molecular weight is 380 g/mol. The Hall–Kier alpha value is -2.27. The second kappa shape index (κ2) is 10.0. The van der Waals surface area contributed by atoms with E-state index in [1.54, 1.807) is 18.2 Å².